The molecular formula is C23H36O5. The van der Waals surface area contributed by atoms with Crippen molar-refractivity contribution in [2.24, 2.45) is 11.8 Å². The van der Waals surface area contributed by atoms with Crippen molar-refractivity contribution in [2.45, 2.75) is 84.3 Å². The number of carbonyl (C=O) groups is 2. The zero-order valence-corrected chi connectivity index (χ0v) is 17.5. The van der Waals surface area contributed by atoms with Gasteiger partial charge in [0.05, 0.1) is 6.10 Å². The Kier molecular flexibility index (Phi) is 11.5. The molecule has 4 atom stereocenters. The number of hydrogen-bond acceptors (Lipinski definition) is 4. The highest BCUT2D eigenvalue weighted by Crippen LogP contribution is 2.36. The van der Waals surface area contributed by atoms with Gasteiger partial charge in [0.25, 0.3) is 0 Å². The number of unbranched alkanes of at least 4 members (excludes halogenated alkanes) is 1. The number of carboxylic acid groups (broad SMARTS) is 1. The van der Waals surface area contributed by atoms with Crippen molar-refractivity contribution >= 4 is 11.9 Å². The van der Waals surface area contributed by atoms with Crippen LogP contribution in [0, 0.1) is 11.8 Å². The van der Waals surface area contributed by atoms with Gasteiger partial charge in [-0.25, -0.2) is 0 Å². The topological polar surface area (TPSA) is 83.8 Å². The van der Waals surface area contributed by atoms with Crippen molar-refractivity contribution < 1.29 is 24.5 Å². The van der Waals surface area contributed by atoms with E-state index in [1.165, 1.54) is 12.5 Å². The second-order valence-corrected chi connectivity index (χ2v) is 7.86. The summed E-state index contributed by atoms with van der Waals surface area (Å²) < 4.78 is 5.42. The number of aliphatic carboxylic acids is 1. The molecule has 5 heteroatoms. The Morgan fingerprint density at radius 3 is 2.54 bits per heavy atom. The molecule has 158 valence electrons. The van der Waals surface area contributed by atoms with Crippen molar-refractivity contribution in [3.05, 3.63) is 36.0 Å². The number of ether oxygens (including phenoxy) is 1. The molecule has 1 fully saturated rings. The molecule has 0 spiro atoms. The summed E-state index contributed by atoms with van der Waals surface area (Å²) in [6.45, 7) is 5.53. The lowest BCUT2D eigenvalue weighted by molar-refractivity contribution is -0.144. The van der Waals surface area contributed by atoms with E-state index in [2.05, 4.69) is 32.1 Å². The number of aliphatic hydroxyl groups is 1. The minimum absolute atomic E-state index is 0.155. The molecule has 1 aliphatic carbocycles. The molecule has 1 aliphatic rings. The van der Waals surface area contributed by atoms with Crippen molar-refractivity contribution in [2.75, 3.05) is 0 Å². The van der Waals surface area contributed by atoms with E-state index in [0.717, 1.165) is 38.5 Å². The van der Waals surface area contributed by atoms with Gasteiger partial charge in [0.1, 0.15) is 6.10 Å². The highest BCUT2D eigenvalue weighted by molar-refractivity contribution is 5.66. The fraction of sp³-hybridized carbons (Fsp3) is 0.652. The standard InChI is InChI=1S/C23H36O5/c1-17(2)9-8-10-20(28-18(3)24)15-13-19-14-16-22(25)21(19)11-6-4-5-7-12-23(26)27/h4,6,9,13,15,19-22,25H,5,7-8,10-12,14,16H2,1-3H3,(H,26,27)/b6-4-,15-13+/t19-,20-,21+,22?/m0/s1. The van der Waals surface area contributed by atoms with Crippen LogP contribution < -0.4 is 0 Å². The molecule has 1 saturated carbocycles. The predicted octanol–water partition coefficient (Wildman–Crippen LogP) is 4.81. The molecule has 0 aliphatic heterocycles. The first-order valence-electron chi connectivity index (χ1n) is 10.3. The van der Waals surface area contributed by atoms with Crippen LogP contribution in [0.15, 0.2) is 36.0 Å². The minimum atomic E-state index is -0.767. The maximum Gasteiger partial charge on any atom is 0.303 e. The summed E-state index contributed by atoms with van der Waals surface area (Å²) in [4.78, 5) is 21.9. The number of carboxylic acids is 1. The van der Waals surface area contributed by atoms with Gasteiger partial charge in [-0.05, 0) is 76.7 Å². The van der Waals surface area contributed by atoms with Gasteiger partial charge in [-0.2, -0.15) is 0 Å². The lowest BCUT2D eigenvalue weighted by Crippen LogP contribution is -2.18. The highest BCUT2D eigenvalue weighted by atomic mass is 16.5. The summed E-state index contributed by atoms with van der Waals surface area (Å²) in [5, 5.41) is 19.0. The third-order valence-electron chi connectivity index (χ3n) is 5.07. The Balaban J connectivity index is 2.58. The number of rotatable bonds is 12. The van der Waals surface area contributed by atoms with Crippen LogP contribution in [0.1, 0.15) is 72.1 Å². The summed E-state index contributed by atoms with van der Waals surface area (Å²) in [5.74, 6) is -0.626. The fourth-order valence-corrected chi connectivity index (χ4v) is 3.60. The average Bonchev–Trinajstić information content (AvgIpc) is 2.94. The van der Waals surface area contributed by atoms with Crippen LogP contribution in [0.4, 0.5) is 0 Å². The maximum atomic E-state index is 11.4. The summed E-state index contributed by atoms with van der Waals surface area (Å²) in [5.41, 5.74) is 1.25. The van der Waals surface area contributed by atoms with Crippen LogP contribution in [0.5, 0.6) is 0 Å². The third-order valence-corrected chi connectivity index (χ3v) is 5.07. The monoisotopic (exact) mass is 392 g/mol. The Labute approximate surface area is 169 Å². The van der Waals surface area contributed by atoms with E-state index < -0.39 is 5.97 Å². The Hall–Kier alpha value is -1.88. The molecule has 0 bridgehead atoms. The molecule has 0 radical (unpaired) electrons. The van der Waals surface area contributed by atoms with Gasteiger partial charge in [0.2, 0.25) is 0 Å². The van der Waals surface area contributed by atoms with Crippen LogP contribution in [0.25, 0.3) is 0 Å². The molecule has 0 heterocycles. The van der Waals surface area contributed by atoms with Gasteiger partial charge in [-0.15, -0.1) is 0 Å². The predicted molar refractivity (Wildman–Crippen MR) is 111 cm³/mol. The van der Waals surface area contributed by atoms with E-state index in [1.54, 1.807) is 0 Å². The van der Waals surface area contributed by atoms with E-state index in [9.17, 15) is 14.7 Å². The van der Waals surface area contributed by atoms with Gasteiger partial charge >= 0.3 is 11.9 Å². The van der Waals surface area contributed by atoms with Crippen LogP contribution in [-0.4, -0.2) is 34.4 Å². The van der Waals surface area contributed by atoms with Crippen LogP contribution in [0.2, 0.25) is 0 Å². The van der Waals surface area contributed by atoms with Crippen molar-refractivity contribution in [3.8, 4) is 0 Å². The minimum Gasteiger partial charge on any atom is -0.481 e. The number of esters is 1. The van der Waals surface area contributed by atoms with Gasteiger partial charge in [-0.3, -0.25) is 9.59 Å². The zero-order chi connectivity index (χ0) is 20.9. The van der Waals surface area contributed by atoms with Crippen molar-refractivity contribution in [1.29, 1.82) is 0 Å². The SMILES string of the molecule is CC(=O)O[C@H](/C=C/[C@H]1CCC(O)[C@@H]1C/C=C\CCCC(=O)O)CCC=C(C)C. The quantitative estimate of drug-likeness (QED) is 0.283. The fourth-order valence-electron chi connectivity index (χ4n) is 3.60. The highest BCUT2D eigenvalue weighted by Gasteiger charge is 2.32. The molecule has 2 N–H and O–H groups in total. The summed E-state index contributed by atoms with van der Waals surface area (Å²) in [7, 11) is 0. The normalized spacial score (nSPS) is 23.2. The van der Waals surface area contributed by atoms with Crippen molar-refractivity contribution in [3.63, 3.8) is 0 Å². The first kappa shape index (κ1) is 24.2. The van der Waals surface area contributed by atoms with Crippen LogP contribution in [-0.2, 0) is 14.3 Å². The molecule has 0 saturated heterocycles. The van der Waals surface area contributed by atoms with Gasteiger partial charge < -0.3 is 14.9 Å². The van der Waals surface area contributed by atoms with Gasteiger partial charge in [-0.1, -0.05) is 29.9 Å². The average molecular weight is 393 g/mol. The summed E-state index contributed by atoms with van der Waals surface area (Å²) in [6, 6.07) is 0. The largest absolute Gasteiger partial charge is 0.481 e. The number of allylic oxidation sites excluding steroid dienone is 5. The van der Waals surface area contributed by atoms with E-state index in [4.69, 9.17) is 9.84 Å². The van der Waals surface area contributed by atoms with Gasteiger partial charge in [0.15, 0.2) is 0 Å². The molecule has 0 aromatic rings. The van der Waals surface area contributed by atoms with E-state index >= 15 is 0 Å². The Morgan fingerprint density at radius 1 is 1.14 bits per heavy atom. The zero-order valence-electron chi connectivity index (χ0n) is 17.5. The Bertz CT molecular complexity index is 572. The second kappa shape index (κ2) is 13.3. The molecule has 5 nitrogen and oxygen atoms in total. The van der Waals surface area contributed by atoms with Crippen LogP contribution in [0.3, 0.4) is 0 Å². The van der Waals surface area contributed by atoms with E-state index in [-0.39, 0.29) is 36.4 Å². The van der Waals surface area contributed by atoms with Crippen molar-refractivity contribution in [1.82, 2.24) is 0 Å². The Morgan fingerprint density at radius 2 is 1.89 bits per heavy atom. The summed E-state index contributed by atoms with van der Waals surface area (Å²) >= 11 is 0. The first-order valence-corrected chi connectivity index (χ1v) is 10.3. The van der Waals surface area contributed by atoms with E-state index in [1.807, 2.05) is 12.2 Å². The maximum absolute atomic E-state index is 11.4. The molecule has 0 amide bonds. The third kappa shape index (κ3) is 10.5. The number of hydrogen-bond donors (Lipinski definition) is 2. The van der Waals surface area contributed by atoms with Gasteiger partial charge in [0, 0.05) is 13.3 Å². The lowest BCUT2D eigenvalue weighted by atomic mass is 9.90. The summed E-state index contributed by atoms with van der Waals surface area (Å²) in [6.07, 6.45) is 15.4. The smallest absolute Gasteiger partial charge is 0.303 e. The molecular weight excluding hydrogens is 356 g/mol. The lowest BCUT2D eigenvalue weighted by Gasteiger charge is -2.19. The second-order valence-electron chi connectivity index (χ2n) is 7.86. The number of carbonyl (C=O) groups excluding carboxylic acids is 1. The van der Waals surface area contributed by atoms with E-state index in [0.29, 0.717) is 6.42 Å². The van der Waals surface area contributed by atoms with Crippen LogP contribution >= 0.6 is 0 Å². The molecule has 0 aromatic heterocycles. The number of aliphatic hydroxyl groups excluding tert-OH is 1. The molecule has 0 aromatic carbocycles. The molecule has 1 rings (SSSR count). The molecule has 1 unspecified atom stereocenters. The molecule has 28 heavy (non-hydrogen) atoms. The first-order chi connectivity index (χ1) is 13.3.